The van der Waals surface area contributed by atoms with Crippen molar-refractivity contribution in [3.63, 3.8) is 0 Å². The number of rotatable bonds is 3. The first-order chi connectivity index (χ1) is 10.2. The zero-order valence-corrected chi connectivity index (χ0v) is 11.5. The van der Waals surface area contributed by atoms with Crippen LogP contribution < -0.4 is 10.6 Å². The summed E-state index contributed by atoms with van der Waals surface area (Å²) in [5.74, 6) is -0.567. The number of carbonyl (C=O) groups is 2. The standard InChI is InChI=1S/C17H16N2O2/c18-17(21)15-11-13-8-4-5-9-14(13)19(15)16(20)10-12-6-2-1-3-7-12/h1-9,15H,10-11H2,(H2,18,21)/t15-/m1/s1. The number of primary amides is 1. The van der Waals surface area contributed by atoms with Crippen LogP contribution in [0.25, 0.3) is 0 Å². The molecule has 0 fully saturated rings. The minimum atomic E-state index is -0.585. The summed E-state index contributed by atoms with van der Waals surface area (Å²) in [6.45, 7) is 0. The van der Waals surface area contributed by atoms with E-state index in [1.807, 2.05) is 54.6 Å². The van der Waals surface area contributed by atoms with Crippen molar-refractivity contribution in [3.05, 3.63) is 65.7 Å². The number of benzene rings is 2. The molecule has 0 aromatic heterocycles. The third-order valence-corrected chi connectivity index (χ3v) is 3.77. The zero-order chi connectivity index (χ0) is 14.8. The van der Waals surface area contributed by atoms with E-state index >= 15 is 0 Å². The molecule has 0 aliphatic carbocycles. The van der Waals surface area contributed by atoms with Crippen molar-refractivity contribution < 1.29 is 9.59 Å². The maximum atomic E-state index is 12.6. The lowest BCUT2D eigenvalue weighted by Crippen LogP contribution is -2.46. The van der Waals surface area contributed by atoms with E-state index in [1.54, 1.807) is 4.90 Å². The summed E-state index contributed by atoms with van der Waals surface area (Å²) in [5.41, 5.74) is 8.17. The van der Waals surface area contributed by atoms with E-state index in [4.69, 9.17) is 5.73 Å². The fourth-order valence-corrected chi connectivity index (χ4v) is 2.78. The number of fused-ring (bicyclic) bond motifs is 1. The first-order valence-electron chi connectivity index (χ1n) is 6.90. The van der Waals surface area contributed by atoms with Gasteiger partial charge in [0.25, 0.3) is 0 Å². The largest absolute Gasteiger partial charge is 0.368 e. The molecule has 0 saturated heterocycles. The molecule has 3 rings (SSSR count). The van der Waals surface area contributed by atoms with Gasteiger partial charge in [0.1, 0.15) is 6.04 Å². The van der Waals surface area contributed by atoms with Gasteiger partial charge in [-0.1, -0.05) is 48.5 Å². The molecule has 1 aliphatic heterocycles. The lowest BCUT2D eigenvalue weighted by atomic mass is 10.1. The van der Waals surface area contributed by atoms with Crippen molar-refractivity contribution in [1.82, 2.24) is 0 Å². The number of anilines is 1. The van der Waals surface area contributed by atoms with Crippen LogP contribution in [0.3, 0.4) is 0 Å². The Morgan fingerprint density at radius 3 is 2.43 bits per heavy atom. The maximum Gasteiger partial charge on any atom is 0.240 e. The molecule has 4 nitrogen and oxygen atoms in total. The van der Waals surface area contributed by atoms with Gasteiger partial charge in [-0.3, -0.25) is 14.5 Å². The number of hydrogen-bond donors (Lipinski definition) is 1. The number of nitrogens with two attached hydrogens (primary N) is 1. The molecule has 2 amide bonds. The Balaban J connectivity index is 1.91. The number of amides is 2. The van der Waals surface area contributed by atoms with Crippen LogP contribution in [0, 0.1) is 0 Å². The van der Waals surface area contributed by atoms with E-state index in [1.165, 1.54) is 0 Å². The molecule has 1 heterocycles. The van der Waals surface area contributed by atoms with Crippen molar-refractivity contribution in [1.29, 1.82) is 0 Å². The van der Waals surface area contributed by atoms with E-state index in [0.29, 0.717) is 6.42 Å². The Kier molecular flexibility index (Phi) is 3.44. The smallest absolute Gasteiger partial charge is 0.240 e. The van der Waals surface area contributed by atoms with Crippen LogP contribution >= 0.6 is 0 Å². The molecule has 106 valence electrons. The predicted molar refractivity (Wildman–Crippen MR) is 80.8 cm³/mol. The maximum absolute atomic E-state index is 12.6. The summed E-state index contributed by atoms with van der Waals surface area (Å²) in [7, 11) is 0. The lowest BCUT2D eigenvalue weighted by molar-refractivity contribution is -0.124. The zero-order valence-electron chi connectivity index (χ0n) is 11.5. The van der Waals surface area contributed by atoms with E-state index in [2.05, 4.69) is 0 Å². The molecule has 0 unspecified atom stereocenters. The van der Waals surface area contributed by atoms with Gasteiger partial charge in [-0.25, -0.2) is 0 Å². The lowest BCUT2D eigenvalue weighted by Gasteiger charge is -2.23. The van der Waals surface area contributed by atoms with Crippen molar-refractivity contribution in [2.75, 3.05) is 4.90 Å². The average Bonchev–Trinajstić information content (AvgIpc) is 2.88. The second kappa shape index (κ2) is 5.40. The van der Waals surface area contributed by atoms with Crippen LogP contribution in [0.2, 0.25) is 0 Å². The molecule has 0 radical (unpaired) electrons. The highest BCUT2D eigenvalue weighted by atomic mass is 16.2. The van der Waals surface area contributed by atoms with Crippen LogP contribution in [0.4, 0.5) is 5.69 Å². The summed E-state index contributed by atoms with van der Waals surface area (Å²) in [4.78, 5) is 25.8. The monoisotopic (exact) mass is 280 g/mol. The minimum absolute atomic E-state index is 0.102. The molecule has 0 bridgehead atoms. The first kappa shape index (κ1) is 13.4. The van der Waals surface area contributed by atoms with E-state index in [-0.39, 0.29) is 12.3 Å². The molecule has 2 N–H and O–H groups in total. The van der Waals surface area contributed by atoms with Crippen molar-refractivity contribution in [2.45, 2.75) is 18.9 Å². The van der Waals surface area contributed by atoms with Gasteiger partial charge >= 0.3 is 0 Å². The highest BCUT2D eigenvalue weighted by Crippen LogP contribution is 2.32. The molecular formula is C17H16N2O2. The SMILES string of the molecule is NC(=O)[C@H]1Cc2ccccc2N1C(=O)Cc1ccccc1. The van der Waals surface area contributed by atoms with Gasteiger partial charge in [0.05, 0.1) is 6.42 Å². The van der Waals surface area contributed by atoms with Crippen LogP contribution in [-0.4, -0.2) is 17.9 Å². The topological polar surface area (TPSA) is 63.4 Å². The van der Waals surface area contributed by atoms with E-state index in [9.17, 15) is 9.59 Å². The predicted octanol–water partition coefficient (Wildman–Crippen LogP) is 1.67. The number of para-hydroxylation sites is 1. The van der Waals surface area contributed by atoms with Gasteiger partial charge in [0.2, 0.25) is 11.8 Å². The Hall–Kier alpha value is -2.62. The molecule has 1 aliphatic rings. The molecule has 0 spiro atoms. The fourth-order valence-electron chi connectivity index (χ4n) is 2.78. The molecule has 21 heavy (non-hydrogen) atoms. The molecule has 1 atom stereocenters. The van der Waals surface area contributed by atoms with Gasteiger partial charge < -0.3 is 5.73 Å². The van der Waals surface area contributed by atoms with Gasteiger partial charge in [-0.15, -0.1) is 0 Å². The second-order valence-corrected chi connectivity index (χ2v) is 5.18. The molecule has 0 saturated carbocycles. The highest BCUT2D eigenvalue weighted by molar-refractivity contribution is 6.03. The molecule has 2 aromatic carbocycles. The van der Waals surface area contributed by atoms with E-state index in [0.717, 1.165) is 16.8 Å². The Bertz CT molecular complexity index is 682. The van der Waals surface area contributed by atoms with Crippen LogP contribution in [0.15, 0.2) is 54.6 Å². The summed E-state index contributed by atoms with van der Waals surface area (Å²) < 4.78 is 0. The van der Waals surface area contributed by atoms with Gasteiger partial charge in [0, 0.05) is 12.1 Å². The third-order valence-electron chi connectivity index (χ3n) is 3.77. The Morgan fingerprint density at radius 1 is 1.05 bits per heavy atom. The van der Waals surface area contributed by atoms with Gasteiger partial charge in [-0.2, -0.15) is 0 Å². The van der Waals surface area contributed by atoms with Crippen molar-refractivity contribution in [2.24, 2.45) is 5.73 Å². The van der Waals surface area contributed by atoms with Crippen molar-refractivity contribution >= 4 is 17.5 Å². The van der Waals surface area contributed by atoms with Gasteiger partial charge in [0.15, 0.2) is 0 Å². The normalized spacial score (nSPS) is 16.6. The first-order valence-corrected chi connectivity index (χ1v) is 6.90. The van der Waals surface area contributed by atoms with Crippen LogP contribution in [0.5, 0.6) is 0 Å². The summed E-state index contributed by atoms with van der Waals surface area (Å²) in [5, 5.41) is 0. The second-order valence-electron chi connectivity index (χ2n) is 5.18. The summed E-state index contributed by atoms with van der Waals surface area (Å²) in [6.07, 6.45) is 0.755. The molecule has 4 heteroatoms. The highest BCUT2D eigenvalue weighted by Gasteiger charge is 2.36. The molecular weight excluding hydrogens is 264 g/mol. The number of nitrogens with zero attached hydrogens (tertiary/aromatic N) is 1. The average molecular weight is 280 g/mol. The Morgan fingerprint density at radius 2 is 1.71 bits per heavy atom. The van der Waals surface area contributed by atoms with Crippen molar-refractivity contribution in [3.8, 4) is 0 Å². The summed E-state index contributed by atoms with van der Waals surface area (Å²) >= 11 is 0. The quantitative estimate of drug-likeness (QED) is 0.929. The minimum Gasteiger partial charge on any atom is -0.368 e. The number of carbonyl (C=O) groups excluding carboxylic acids is 2. The molecule has 2 aromatic rings. The van der Waals surface area contributed by atoms with Gasteiger partial charge in [-0.05, 0) is 17.2 Å². The summed E-state index contributed by atoms with van der Waals surface area (Å²) in [6, 6.07) is 16.5. The number of hydrogen-bond acceptors (Lipinski definition) is 2. The third kappa shape index (κ3) is 2.52. The Labute approximate surface area is 123 Å². The van der Waals surface area contributed by atoms with E-state index < -0.39 is 11.9 Å². The van der Waals surface area contributed by atoms with Crippen LogP contribution in [0.1, 0.15) is 11.1 Å². The fraction of sp³-hybridized carbons (Fsp3) is 0.176. The van der Waals surface area contributed by atoms with Crippen LogP contribution in [-0.2, 0) is 22.4 Å².